The van der Waals surface area contributed by atoms with Crippen molar-refractivity contribution in [1.82, 2.24) is 10.3 Å². The first-order valence-electron chi connectivity index (χ1n) is 5.55. The lowest BCUT2D eigenvalue weighted by Gasteiger charge is -2.06. The number of carbonyl (C=O) groups is 1. The number of carbonyl (C=O) groups excluding carboxylic acids is 1. The van der Waals surface area contributed by atoms with Gasteiger partial charge in [0.15, 0.2) is 0 Å². The van der Waals surface area contributed by atoms with E-state index in [0.717, 1.165) is 12.2 Å². The van der Waals surface area contributed by atoms with Crippen molar-refractivity contribution in [3.05, 3.63) is 29.6 Å². The molecule has 94 valence electrons. The van der Waals surface area contributed by atoms with Crippen molar-refractivity contribution < 1.29 is 14.6 Å². The van der Waals surface area contributed by atoms with E-state index in [4.69, 9.17) is 5.11 Å². The van der Waals surface area contributed by atoms with Crippen LogP contribution < -0.4 is 5.32 Å². The fraction of sp³-hybridized carbons (Fsp3) is 0.500. The maximum Gasteiger partial charge on any atom is 0.339 e. The van der Waals surface area contributed by atoms with Crippen LogP contribution in [0.2, 0.25) is 0 Å². The molecule has 1 rings (SSSR count). The smallest absolute Gasteiger partial charge is 0.339 e. The number of nitrogens with zero attached hydrogens (tertiary/aromatic N) is 1. The molecule has 5 nitrogen and oxygen atoms in total. The fourth-order valence-electron chi connectivity index (χ4n) is 1.30. The zero-order valence-electron chi connectivity index (χ0n) is 10.1. The molecule has 1 heterocycles. The Balaban J connectivity index is 2.38. The van der Waals surface area contributed by atoms with Crippen LogP contribution in [0.3, 0.4) is 0 Å². The maximum atomic E-state index is 11.2. The van der Waals surface area contributed by atoms with Crippen molar-refractivity contribution in [2.75, 3.05) is 13.7 Å². The summed E-state index contributed by atoms with van der Waals surface area (Å²) in [5.41, 5.74) is 1.29. The summed E-state index contributed by atoms with van der Waals surface area (Å²) in [5, 5.41) is 12.2. The molecule has 0 aliphatic carbocycles. The van der Waals surface area contributed by atoms with Gasteiger partial charge in [0.2, 0.25) is 0 Å². The number of aliphatic hydroxyl groups is 1. The lowest BCUT2D eigenvalue weighted by molar-refractivity contribution is 0.0600. The Labute approximate surface area is 101 Å². The minimum Gasteiger partial charge on any atom is -0.465 e. The zero-order chi connectivity index (χ0) is 12.7. The second-order valence-electron chi connectivity index (χ2n) is 3.84. The van der Waals surface area contributed by atoms with Crippen molar-refractivity contribution in [3.63, 3.8) is 0 Å². The molecule has 0 aliphatic heterocycles. The van der Waals surface area contributed by atoms with Crippen molar-refractivity contribution in [2.45, 2.75) is 26.0 Å². The number of methoxy groups -OCH3 is 1. The number of nitrogens with one attached hydrogen (secondary N) is 1. The molecule has 0 aromatic carbocycles. The van der Waals surface area contributed by atoms with E-state index in [1.165, 1.54) is 13.3 Å². The van der Waals surface area contributed by atoms with Gasteiger partial charge >= 0.3 is 5.97 Å². The topological polar surface area (TPSA) is 71.5 Å². The van der Waals surface area contributed by atoms with E-state index < -0.39 is 0 Å². The van der Waals surface area contributed by atoms with E-state index in [9.17, 15) is 4.79 Å². The molecule has 0 spiro atoms. The summed E-state index contributed by atoms with van der Waals surface area (Å²) in [5.74, 6) is -0.383. The van der Waals surface area contributed by atoms with Crippen LogP contribution in [0.4, 0.5) is 0 Å². The molecule has 1 aromatic rings. The lowest BCUT2D eigenvalue weighted by atomic mass is 10.2. The second kappa shape index (κ2) is 6.98. The average molecular weight is 238 g/mol. The Kier molecular flexibility index (Phi) is 5.59. The SMILES string of the molecule is COC(=O)c1ccc(CNCCC(C)O)nc1. The number of esters is 1. The largest absolute Gasteiger partial charge is 0.465 e. The number of aliphatic hydroxyl groups excluding tert-OH is 1. The second-order valence-corrected chi connectivity index (χ2v) is 3.84. The van der Waals surface area contributed by atoms with Gasteiger partial charge in [-0.05, 0) is 32.0 Å². The van der Waals surface area contributed by atoms with Gasteiger partial charge < -0.3 is 15.2 Å². The minimum atomic E-state index is -0.383. The standard InChI is InChI=1S/C12H18N2O3/c1-9(15)5-6-13-8-11-4-3-10(7-14-11)12(16)17-2/h3-4,7,9,13,15H,5-6,8H2,1-2H3. The van der Waals surface area contributed by atoms with E-state index >= 15 is 0 Å². The lowest BCUT2D eigenvalue weighted by Crippen LogP contribution is -2.19. The number of pyridine rings is 1. The van der Waals surface area contributed by atoms with E-state index in [0.29, 0.717) is 18.5 Å². The predicted octanol–water partition coefficient (Wildman–Crippen LogP) is 0.729. The van der Waals surface area contributed by atoms with E-state index in [1.807, 2.05) is 0 Å². The van der Waals surface area contributed by atoms with Gasteiger partial charge in [-0.3, -0.25) is 4.98 Å². The fourth-order valence-corrected chi connectivity index (χ4v) is 1.30. The minimum absolute atomic E-state index is 0.294. The number of rotatable bonds is 6. The van der Waals surface area contributed by atoms with Crippen molar-refractivity contribution in [3.8, 4) is 0 Å². The third-order valence-electron chi connectivity index (χ3n) is 2.29. The van der Waals surface area contributed by atoms with Gasteiger partial charge in [-0.2, -0.15) is 0 Å². The monoisotopic (exact) mass is 238 g/mol. The molecule has 5 heteroatoms. The molecule has 0 fully saturated rings. The van der Waals surface area contributed by atoms with Gasteiger partial charge in [0.25, 0.3) is 0 Å². The van der Waals surface area contributed by atoms with Crippen LogP contribution in [0, 0.1) is 0 Å². The quantitative estimate of drug-likeness (QED) is 0.564. The van der Waals surface area contributed by atoms with Gasteiger partial charge in [-0.25, -0.2) is 4.79 Å². The maximum absolute atomic E-state index is 11.2. The molecule has 0 aliphatic rings. The van der Waals surface area contributed by atoms with E-state index in [-0.39, 0.29) is 12.1 Å². The van der Waals surface area contributed by atoms with Crippen LogP contribution >= 0.6 is 0 Å². The Morgan fingerprint density at radius 3 is 2.88 bits per heavy atom. The molecule has 1 atom stereocenters. The van der Waals surface area contributed by atoms with Gasteiger partial charge in [0.05, 0.1) is 24.5 Å². The number of aromatic nitrogens is 1. The molecular weight excluding hydrogens is 220 g/mol. The third-order valence-corrected chi connectivity index (χ3v) is 2.29. The van der Waals surface area contributed by atoms with Crippen LogP contribution in [0.1, 0.15) is 29.4 Å². The van der Waals surface area contributed by atoms with E-state index in [2.05, 4.69) is 15.0 Å². The van der Waals surface area contributed by atoms with Gasteiger partial charge in [-0.15, -0.1) is 0 Å². The first-order valence-corrected chi connectivity index (χ1v) is 5.55. The molecule has 0 saturated carbocycles. The van der Waals surface area contributed by atoms with Crippen molar-refractivity contribution >= 4 is 5.97 Å². The average Bonchev–Trinajstić information content (AvgIpc) is 2.34. The molecule has 0 saturated heterocycles. The molecule has 1 unspecified atom stereocenters. The van der Waals surface area contributed by atoms with E-state index in [1.54, 1.807) is 19.1 Å². The third kappa shape index (κ3) is 4.93. The summed E-state index contributed by atoms with van der Waals surface area (Å²) in [6, 6.07) is 3.46. The Hall–Kier alpha value is -1.46. The Morgan fingerprint density at radius 1 is 1.59 bits per heavy atom. The highest BCUT2D eigenvalue weighted by Crippen LogP contribution is 2.01. The summed E-state index contributed by atoms with van der Waals surface area (Å²) in [4.78, 5) is 15.3. The number of hydrogen-bond acceptors (Lipinski definition) is 5. The highest BCUT2D eigenvalue weighted by atomic mass is 16.5. The predicted molar refractivity (Wildman–Crippen MR) is 63.6 cm³/mol. The van der Waals surface area contributed by atoms with Crippen molar-refractivity contribution in [2.24, 2.45) is 0 Å². The molecule has 1 aromatic heterocycles. The first-order chi connectivity index (χ1) is 8.13. The normalized spacial score (nSPS) is 12.2. The summed E-state index contributed by atoms with van der Waals surface area (Å²) in [6.07, 6.45) is 1.91. The zero-order valence-corrected chi connectivity index (χ0v) is 10.1. The Morgan fingerprint density at radius 2 is 2.35 bits per heavy atom. The Bertz CT molecular complexity index is 349. The van der Waals surface area contributed by atoms with Gasteiger partial charge in [-0.1, -0.05) is 0 Å². The highest BCUT2D eigenvalue weighted by Gasteiger charge is 2.05. The van der Waals surface area contributed by atoms with Crippen LogP contribution in [-0.2, 0) is 11.3 Å². The highest BCUT2D eigenvalue weighted by molar-refractivity contribution is 5.88. The molecule has 2 N–H and O–H groups in total. The molecule has 17 heavy (non-hydrogen) atoms. The van der Waals surface area contributed by atoms with Gasteiger partial charge in [0, 0.05) is 12.7 Å². The summed E-state index contributed by atoms with van der Waals surface area (Å²) < 4.78 is 4.58. The first kappa shape index (κ1) is 13.6. The van der Waals surface area contributed by atoms with Crippen LogP contribution in [0.15, 0.2) is 18.3 Å². The summed E-state index contributed by atoms with van der Waals surface area (Å²) >= 11 is 0. The van der Waals surface area contributed by atoms with Crippen LogP contribution in [0.5, 0.6) is 0 Å². The molecule has 0 bridgehead atoms. The van der Waals surface area contributed by atoms with Crippen LogP contribution in [0.25, 0.3) is 0 Å². The molecule has 0 amide bonds. The van der Waals surface area contributed by atoms with Gasteiger partial charge in [0.1, 0.15) is 0 Å². The van der Waals surface area contributed by atoms with Crippen molar-refractivity contribution in [1.29, 1.82) is 0 Å². The number of ether oxygens (including phenoxy) is 1. The summed E-state index contributed by atoms with van der Waals surface area (Å²) in [7, 11) is 1.34. The number of hydrogen-bond donors (Lipinski definition) is 2. The van der Waals surface area contributed by atoms with Crippen LogP contribution in [-0.4, -0.2) is 35.8 Å². The molecular formula is C12H18N2O3. The summed E-state index contributed by atoms with van der Waals surface area (Å²) in [6.45, 7) is 3.11. The molecule has 0 radical (unpaired) electrons.